The molecule has 0 aromatic heterocycles. The summed E-state index contributed by atoms with van der Waals surface area (Å²) in [7, 11) is 4.70. The molecule has 0 spiro atoms. The molecule has 0 fully saturated rings. The molecule has 8 nitrogen and oxygen atoms in total. The van der Waals surface area contributed by atoms with E-state index in [1.165, 1.54) is 27.8 Å². The summed E-state index contributed by atoms with van der Waals surface area (Å²) in [4.78, 5) is 43.0. The molecular weight excluding hydrogens is 530 g/mol. The zero-order valence-corrected chi connectivity index (χ0v) is 23.9. The van der Waals surface area contributed by atoms with Gasteiger partial charge in [-0.2, -0.15) is 0 Å². The van der Waals surface area contributed by atoms with Crippen LogP contribution in [0.1, 0.15) is 52.1 Å². The van der Waals surface area contributed by atoms with Crippen molar-refractivity contribution >= 4 is 17.7 Å². The van der Waals surface area contributed by atoms with E-state index in [1.54, 1.807) is 32.3 Å². The van der Waals surface area contributed by atoms with E-state index < -0.39 is 35.6 Å². The Morgan fingerprint density at radius 1 is 1.02 bits per heavy atom. The molecule has 2 aromatic rings. The smallest absolute Gasteiger partial charge is 0.254 e. The number of halogens is 2. The number of amides is 3. The molecule has 0 aliphatic heterocycles. The fourth-order valence-corrected chi connectivity index (χ4v) is 4.64. The zero-order valence-electron chi connectivity index (χ0n) is 23.9. The maximum absolute atomic E-state index is 13.8. The molecule has 0 saturated carbocycles. The highest BCUT2D eigenvalue weighted by Gasteiger charge is 2.27. The van der Waals surface area contributed by atoms with Gasteiger partial charge in [0.15, 0.2) is 0 Å². The number of rotatable bonds is 11. The van der Waals surface area contributed by atoms with Crippen molar-refractivity contribution in [1.82, 2.24) is 14.7 Å². The summed E-state index contributed by atoms with van der Waals surface area (Å²) in [5.41, 5.74) is 7.81. The number of nitrogens with two attached hydrogens (primary N) is 1. The van der Waals surface area contributed by atoms with E-state index >= 15 is 0 Å². The van der Waals surface area contributed by atoms with Gasteiger partial charge in [-0.3, -0.25) is 14.4 Å². The van der Waals surface area contributed by atoms with Crippen molar-refractivity contribution in [1.29, 1.82) is 0 Å². The molecule has 0 radical (unpaired) electrons. The van der Waals surface area contributed by atoms with Gasteiger partial charge in [0.25, 0.3) is 11.8 Å². The van der Waals surface area contributed by atoms with E-state index in [-0.39, 0.29) is 48.1 Å². The summed E-state index contributed by atoms with van der Waals surface area (Å²) in [5, 5.41) is 11.0. The summed E-state index contributed by atoms with van der Waals surface area (Å²) in [6, 6.07) is 7.84. The Balaban J connectivity index is 1.87. The number of carbonyl (C=O) groups excluding carboxylic acids is 3. The Hall–Kier alpha value is -3.89. The van der Waals surface area contributed by atoms with Crippen molar-refractivity contribution in [3.05, 3.63) is 94.6 Å². The third-order valence-electron chi connectivity index (χ3n) is 7.04. The first-order chi connectivity index (χ1) is 19.4. The van der Waals surface area contributed by atoms with Crippen LogP contribution in [0.15, 0.2) is 66.3 Å². The summed E-state index contributed by atoms with van der Waals surface area (Å²) in [6.07, 6.45) is 6.35. The summed E-state index contributed by atoms with van der Waals surface area (Å²) >= 11 is 0. The highest BCUT2D eigenvalue weighted by Crippen LogP contribution is 2.23. The van der Waals surface area contributed by atoms with Gasteiger partial charge in [0.2, 0.25) is 5.91 Å². The largest absolute Gasteiger partial charge is 0.389 e. The standard InChI is InChI=1S/C31H38F2N4O4/c1-5-20-8-6-9-21(12-20)17-37(18-27(38)29(34)24-14-25(32)16-26(33)15-24)31(41)23-11-7-10-22(13-23)30(40)36(4)19-28(39)35(2)3/h6-8,10-16,21,27,29,38H,5,9,17-19,34H2,1-4H3/t21?,27-,29?/m1/s1. The number of hydrogen-bond acceptors (Lipinski definition) is 5. The summed E-state index contributed by atoms with van der Waals surface area (Å²) < 4.78 is 27.6. The van der Waals surface area contributed by atoms with Gasteiger partial charge in [-0.1, -0.05) is 36.8 Å². The van der Waals surface area contributed by atoms with Crippen molar-refractivity contribution in [3.63, 3.8) is 0 Å². The predicted octanol–water partition coefficient (Wildman–Crippen LogP) is 3.54. The molecule has 0 saturated heterocycles. The lowest BCUT2D eigenvalue weighted by atomic mass is 9.93. The predicted molar refractivity (Wildman–Crippen MR) is 153 cm³/mol. The normalized spacial score (nSPS) is 16.0. The van der Waals surface area contributed by atoms with E-state index in [9.17, 15) is 28.3 Å². The van der Waals surface area contributed by atoms with Gasteiger partial charge in [0.1, 0.15) is 11.6 Å². The van der Waals surface area contributed by atoms with Gasteiger partial charge in [0.05, 0.1) is 18.7 Å². The molecule has 41 heavy (non-hydrogen) atoms. The first-order valence-electron chi connectivity index (χ1n) is 13.5. The third-order valence-corrected chi connectivity index (χ3v) is 7.04. The van der Waals surface area contributed by atoms with Crippen molar-refractivity contribution in [2.45, 2.75) is 31.9 Å². The highest BCUT2D eigenvalue weighted by molar-refractivity contribution is 6.00. The van der Waals surface area contributed by atoms with Gasteiger partial charge >= 0.3 is 0 Å². The van der Waals surface area contributed by atoms with Crippen LogP contribution in [0.5, 0.6) is 0 Å². The molecule has 0 bridgehead atoms. The van der Waals surface area contributed by atoms with Crippen molar-refractivity contribution in [3.8, 4) is 0 Å². The molecule has 3 atom stereocenters. The van der Waals surface area contributed by atoms with Gasteiger partial charge < -0.3 is 25.5 Å². The Kier molecular flexibility index (Phi) is 10.9. The molecule has 0 heterocycles. The molecule has 1 aliphatic rings. The number of benzene rings is 2. The summed E-state index contributed by atoms with van der Waals surface area (Å²) in [5.74, 6) is -2.78. The molecule has 1 aliphatic carbocycles. The average Bonchev–Trinajstić information content (AvgIpc) is 2.95. The monoisotopic (exact) mass is 568 g/mol. The van der Waals surface area contributed by atoms with Crippen molar-refractivity contribution in [2.75, 3.05) is 40.8 Å². The fraction of sp³-hybridized carbons (Fsp3) is 0.387. The second-order valence-corrected chi connectivity index (χ2v) is 10.5. The number of hydrogen-bond donors (Lipinski definition) is 2. The van der Waals surface area contributed by atoms with Crippen LogP contribution in [0.2, 0.25) is 0 Å². The molecule has 2 aromatic carbocycles. The summed E-state index contributed by atoms with van der Waals surface area (Å²) in [6.45, 7) is 1.96. The van der Waals surface area contributed by atoms with Crippen LogP contribution in [0.3, 0.4) is 0 Å². The lowest BCUT2D eigenvalue weighted by Crippen LogP contribution is -2.44. The zero-order chi connectivity index (χ0) is 30.3. The Morgan fingerprint density at radius 2 is 1.66 bits per heavy atom. The number of aliphatic hydroxyl groups excluding tert-OH is 1. The first-order valence-corrected chi connectivity index (χ1v) is 13.5. The minimum absolute atomic E-state index is 0.0260. The fourth-order valence-electron chi connectivity index (χ4n) is 4.64. The van der Waals surface area contributed by atoms with Gasteiger partial charge in [-0.25, -0.2) is 8.78 Å². The average molecular weight is 569 g/mol. The van der Waals surface area contributed by atoms with Crippen LogP contribution in [-0.4, -0.2) is 84.4 Å². The minimum atomic E-state index is -1.33. The lowest BCUT2D eigenvalue weighted by Gasteiger charge is -2.31. The van der Waals surface area contributed by atoms with E-state index in [0.717, 1.165) is 30.2 Å². The molecule has 2 unspecified atom stereocenters. The number of carbonyl (C=O) groups is 3. The third kappa shape index (κ3) is 8.55. The van der Waals surface area contributed by atoms with Crippen LogP contribution in [0.4, 0.5) is 8.78 Å². The maximum Gasteiger partial charge on any atom is 0.254 e. The van der Waals surface area contributed by atoms with E-state index in [2.05, 4.69) is 6.08 Å². The van der Waals surface area contributed by atoms with Crippen LogP contribution >= 0.6 is 0 Å². The SMILES string of the molecule is CCC1=CC(CN(C[C@@H](O)C(N)c2cc(F)cc(F)c2)C(=O)c2cccc(C(=O)N(C)CC(=O)N(C)C)c2)CC=C1. The number of aliphatic hydroxyl groups is 1. The Labute approximate surface area is 239 Å². The number of likely N-dealkylation sites (N-methyl/N-ethyl adjacent to an activating group) is 2. The van der Waals surface area contributed by atoms with Gasteiger partial charge in [-0.15, -0.1) is 0 Å². The van der Waals surface area contributed by atoms with Crippen molar-refractivity contribution in [2.24, 2.45) is 11.7 Å². The van der Waals surface area contributed by atoms with Crippen LogP contribution in [0, 0.1) is 17.6 Å². The molecule has 10 heteroatoms. The molecule has 3 N–H and O–H groups in total. The minimum Gasteiger partial charge on any atom is -0.389 e. The van der Waals surface area contributed by atoms with Crippen LogP contribution < -0.4 is 5.73 Å². The lowest BCUT2D eigenvalue weighted by molar-refractivity contribution is -0.129. The first kappa shape index (κ1) is 31.6. The van der Waals surface area contributed by atoms with Crippen LogP contribution in [-0.2, 0) is 4.79 Å². The molecule has 3 amide bonds. The second-order valence-electron chi connectivity index (χ2n) is 10.5. The van der Waals surface area contributed by atoms with Crippen LogP contribution in [0.25, 0.3) is 0 Å². The molecule has 3 rings (SSSR count). The number of nitrogens with zero attached hydrogens (tertiary/aromatic N) is 3. The van der Waals surface area contributed by atoms with Crippen molar-refractivity contribution < 1.29 is 28.3 Å². The van der Waals surface area contributed by atoms with E-state index in [1.807, 2.05) is 19.1 Å². The Morgan fingerprint density at radius 3 is 2.27 bits per heavy atom. The topological polar surface area (TPSA) is 107 Å². The van der Waals surface area contributed by atoms with Gasteiger partial charge in [-0.05, 0) is 54.7 Å². The van der Waals surface area contributed by atoms with E-state index in [0.29, 0.717) is 6.42 Å². The second kappa shape index (κ2) is 14.1. The Bertz CT molecular complexity index is 1310. The van der Waals surface area contributed by atoms with E-state index in [4.69, 9.17) is 5.73 Å². The maximum atomic E-state index is 13.8. The molecular formula is C31H38F2N4O4. The molecule has 220 valence electrons. The highest BCUT2D eigenvalue weighted by atomic mass is 19.1. The van der Waals surface area contributed by atoms with Gasteiger partial charge in [0, 0.05) is 51.4 Å². The quantitative estimate of drug-likeness (QED) is 0.431. The number of allylic oxidation sites excluding steroid dienone is 3.